The molecule has 76 valence electrons. The third-order valence-corrected chi connectivity index (χ3v) is 0. The Hall–Kier alpha value is 0.676. The Morgan fingerprint density at radius 2 is 0.727 bits per heavy atom. The molecule has 0 aromatic heterocycles. The Morgan fingerprint density at radius 1 is 0.727 bits per heavy atom. The van der Waals surface area contributed by atoms with Gasteiger partial charge in [-0.1, -0.05) is 0 Å². The molecule has 0 spiro atoms. The molecule has 0 radical (unpaired) electrons. The van der Waals surface area contributed by atoms with E-state index in [1.54, 1.807) is 0 Å². The lowest BCUT2D eigenvalue weighted by molar-refractivity contribution is 0.275. The molecule has 0 aromatic carbocycles. The number of hydrogen-bond donors (Lipinski definition) is 3. The topological polar surface area (TPSA) is 235 Å². The van der Waals surface area contributed by atoms with Gasteiger partial charge in [-0.3, -0.25) is 0 Å². The van der Waals surface area contributed by atoms with Crippen LogP contribution in [0.1, 0.15) is 0 Å². The number of phosphoric acid groups is 1. The van der Waals surface area contributed by atoms with E-state index < -0.39 is 7.82 Å². The molecule has 0 rings (SSSR count). The monoisotopic (exact) mass is 214 g/mol. The highest BCUT2D eigenvalue weighted by Gasteiger charge is 2.00. The molecule has 0 aliphatic heterocycles. The van der Waals surface area contributed by atoms with Crippen LogP contribution in [0.15, 0.2) is 0 Å². The van der Waals surface area contributed by atoms with E-state index in [9.17, 15) is 0 Å². The lowest BCUT2D eigenvalue weighted by Gasteiger charge is -1.82. The summed E-state index contributed by atoms with van der Waals surface area (Å²) in [7, 11) is -4.64. The lowest BCUT2D eigenvalue weighted by atomic mass is 15.8. The molecule has 0 amide bonds. The highest BCUT2D eigenvalue weighted by molar-refractivity contribution is 7.45. The maximum atomic E-state index is 8.88. The standard InChI is InChI=1S/Mg.H3O4P.5H2O.2H/c;1-5(2,3)4;;;;;;;/h;(H3,1,2,3,4);5*1H2;;. The molecule has 0 aromatic rings. The molecule has 13 N–H and O–H groups in total. The zero-order chi connectivity index (χ0) is 4.50. The molecule has 0 heterocycles. The van der Waals surface area contributed by atoms with Gasteiger partial charge in [-0.2, -0.15) is 0 Å². The summed E-state index contributed by atoms with van der Waals surface area (Å²) in [5.41, 5.74) is 0. The van der Waals surface area contributed by atoms with Crippen molar-refractivity contribution in [2.24, 2.45) is 0 Å². The Kier molecular flexibility index (Phi) is 124. The Morgan fingerprint density at radius 3 is 0.727 bits per heavy atom. The SMILES string of the molecule is O.O.O.O.O.O=P(O)(O)O.[MgH2]. The highest BCUT2D eigenvalue weighted by atomic mass is 31.2. The van der Waals surface area contributed by atoms with Gasteiger partial charge in [-0.05, 0) is 0 Å². The maximum Gasteiger partial charge on any atom is 0.466 e. The van der Waals surface area contributed by atoms with Crippen molar-refractivity contribution in [1.29, 1.82) is 0 Å². The van der Waals surface area contributed by atoms with Crippen molar-refractivity contribution in [2.45, 2.75) is 0 Å². The van der Waals surface area contributed by atoms with Gasteiger partial charge in [0.1, 0.15) is 0 Å². The van der Waals surface area contributed by atoms with Gasteiger partial charge < -0.3 is 42.1 Å². The van der Waals surface area contributed by atoms with E-state index in [0.717, 1.165) is 0 Å². The first-order valence-electron chi connectivity index (χ1n) is 0.783. The Balaban J connectivity index is -0.00000000533. The number of hydrogen-bond acceptors (Lipinski definition) is 1. The van der Waals surface area contributed by atoms with Crippen LogP contribution >= 0.6 is 7.82 Å². The van der Waals surface area contributed by atoms with Crippen LogP contribution in [0, 0.1) is 0 Å². The Labute approximate surface area is 78.0 Å². The minimum absolute atomic E-state index is 0. The molecule has 0 atom stereocenters. The predicted molar refractivity (Wildman–Crippen MR) is 40.9 cm³/mol. The average Bonchev–Trinajstić information content (AvgIpc) is 0.722. The minimum Gasteiger partial charge on any atom is -0.412 e. The summed E-state index contributed by atoms with van der Waals surface area (Å²) < 4.78 is 8.88. The van der Waals surface area contributed by atoms with Crippen LogP contribution in [0.25, 0.3) is 0 Å². The fourth-order valence-electron chi connectivity index (χ4n) is 0. The van der Waals surface area contributed by atoms with Gasteiger partial charge >= 0.3 is 30.9 Å². The van der Waals surface area contributed by atoms with E-state index in [1.165, 1.54) is 0 Å². The van der Waals surface area contributed by atoms with Crippen molar-refractivity contribution < 1.29 is 46.6 Å². The van der Waals surface area contributed by atoms with Crippen LogP contribution in [0.3, 0.4) is 0 Å². The fourth-order valence-corrected chi connectivity index (χ4v) is 0. The van der Waals surface area contributed by atoms with E-state index in [-0.39, 0.29) is 50.4 Å². The molecule has 0 fully saturated rings. The van der Waals surface area contributed by atoms with E-state index in [1.807, 2.05) is 0 Å². The van der Waals surface area contributed by atoms with Crippen LogP contribution in [-0.4, -0.2) is 65.1 Å². The number of rotatable bonds is 0. The van der Waals surface area contributed by atoms with Crippen molar-refractivity contribution >= 4 is 30.9 Å². The van der Waals surface area contributed by atoms with Crippen molar-refractivity contribution in [1.82, 2.24) is 0 Å². The molecular weight excluding hydrogens is 199 g/mol. The molecule has 11 heavy (non-hydrogen) atoms. The quantitative estimate of drug-likeness (QED) is 0.263. The molecule has 0 aliphatic carbocycles. The Bertz CT molecular complexity index is 55.7. The summed E-state index contributed by atoms with van der Waals surface area (Å²) in [5, 5.41) is 0. The third kappa shape index (κ3) is 1760. The smallest absolute Gasteiger partial charge is 0.412 e. The summed E-state index contributed by atoms with van der Waals surface area (Å²) in [6.45, 7) is 0. The van der Waals surface area contributed by atoms with E-state index in [2.05, 4.69) is 0 Å². The zero-order valence-electron chi connectivity index (χ0n) is 4.70. The first kappa shape index (κ1) is 60.9. The first-order chi connectivity index (χ1) is 2.00. The summed E-state index contributed by atoms with van der Waals surface area (Å²) in [5.74, 6) is 0. The molecule has 0 bridgehead atoms. The normalized spacial score (nSPS) is 5.36. The third-order valence-electron chi connectivity index (χ3n) is 0. The van der Waals surface area contributed by atoms with Gasteiger partial charge in [0.25, 0.3) is 0 Å². The second-order valence-corrected chi connectivity index (χ2v) is 1.54. The molecule has 0 unspecified atom stereocenters. The molecular formula is H15MgO9P. The molecule has 9 nitrogen and oxygen atoms in total. The summed E-state index contributed by atoms with van der Waals surface area (Å²) in [6, 6.07) is 0. The van der Waals surface area contributed by atoms with Gasteiger partial charge in [0.2, 0.25) is 0 Å². The van der Waals surface area contributed by atoms with Crippen molar-refractivity contribution in [3.05, 3.63) is 0 Å². The van der Waals surface area contributed by atoms with Gasteiger partial charge in [-0.25, -0.2) is 4.57 Å². The van der Waals surface area contributed by atoms with E-state index in [0.29, 0.717) is 0 Å². The zero-order valence-corrected chi connectivity index (χ0v) is 5.59. The molecule has 0 saturated carbocycles. The second-order valence-electron chi connectivity index (χ2n) is 0.513. The van der Waals surface area contributed by atoms with Crippen LogP contribution in [0.4, 0.5) is 0 Å². The molecule has 0 saturated heterocycles. The van der Waals surface area contributed by atoms with Crippen molar-refractivity contribution in [2.75, 3.05) is 0 Å². The highest BCUT2D eigenvalue weighted by Crippen LogP contribution is 2.25. The fraction of sp³-hybridized carbons (Fsp3) is 0. The molecule has 0 aliphatic rings. The lowest BCUT2D eigenvalue weighted by Crippen LogP contribution is -1.66. The molecule has 11 heteroatoms. The van der Waals surface area contributed by atoms with Gasteiger partial charge in [0.05, 0.1) is 0 Å². The van der Waals surface area contributed by atoms with E-state index >= 15 is 0 Å². The summed E-state index contributed by atoms with van der Waals surface area (Å²) in [4.78, 5) is 21.6. The van der Waals surface area contributed by atoms with Gasteiger partial charge in [-0.15, -0.1) is 0 Å². The van der Waals surface area contributed by atoms with Gasteiger partial charge in [0.15, 0.2) is 0 Å². The summed E-state index contributed by atoms with van der Waals surface area (Å²) in [6.07, 6.45) is 0. The van der Waals surface area contributed by atoms with Crippen LogP contribution in [0.2, 0.25) is 0 Å². The average molecular weight is 214 g/mol. The minimum atomic E-state index is -4.64. The van der Waals surface area contributed by atoms with Crippen LogP contribution < -0.4 is 0 Å². The summed E-state index contributed by atoms with van der Waals surface area (Å²) >= 11 is 0. The van der Waals surface area contributed by atoms with Crippen LogP contribution in [0.5, 0.6) is 0 Å². The first-order valence-corrected chi connectivity index (χ1v) is 2.35. The van der Waals surface area contributed by atoms with Gasteiger partial charge in [0, 0.05) is 0 Å². The van der Waals surface area contributed by atoms with E-state index in [4.69, 9.17) is 19.2 Å². The van der Waals surface area contributed by atoms with Crippen LogP contribution in [-0.2, 0) is 4.57 Å². The second kappa shape index (κ2) is 22.4. The van der Waals surface area contributed by atoms with Crippen molar-refractivity contribution in [3.63, 3.8) is 0 Å². The van der Waals surface area contributed by atoms with Crippen molar-refractivity contribution in [3.8, 4) is 0 Å². The predicted octanol–water partition coefficient (Wildman–Crippen LogP) is -5.97. The maximum absolute atomic E-state index is 8.88. The largest absolute Gasteiger partial charge is 0.466 e.